The number of benzene rings is 3. The maximum atomic E-state index is 8.91. The van der Waals surface area contributed by atoms with Crippen molar-refractivity contribution in [2.24, 2.45) is 0 Å². The summed E-state index contributed by atoms with van der Waals surface area (Å²) < 4.78 is 1.95. The lowest BCUT2D eigenvalue weighted by molar-refractivity contribution is 0.234. The zero-order valence-electron chi connectivity index (χ0n) is 13.9. The summed E-state index contributed by atoms with van der Waals surface area (Å²) in [6.07, 6.45) is 1.72. The lowest BCUT2D eigenvalue weighted by Gasteiger charge is -2.10. The van der Waals surface area contributed by atoms with Gasteiger partial charge in [0.25, 0.3) is 0 Å². The maximum Gasteiger partial charge on any atom is 0.149 e. The van der Waals surface area contributed by atoms with Crippen molar-refractivity contribution in [3.63, 3.8) is 0 Å². The highest BCUT2D eigenvalue weighted by atomic mass is 35.5. The van der Waals surface area contributed by atoms with E-state index in [0.29, 0.717) is 21.1 Å². The average Bonchev–Trinajstić information content (AvgIpc) is 3.10. The molecule has 4 rings (SSSR count). The Morgan fingerprint density at radius 2 is 1.74 bits per heavy atom. The monoisotopic (exact) mass is 396 g/mol. The fourth-order valence-corrected chi connectivity index (χ4v) is 3.64. The van der Waals surface area contributed by atoms with Gasteiger partial charge in [0.2, 0.25) is 0 Å². The summed E-state index contributed by atoms with van der Waals surface area (Å²) in [6, 6.07) is 18.7. The number of nitrogens with one attached hydrogen (secondary N) is 2. The van der Waals surface area contributed by atoms with Crippen molar-refractivity contribution in [2.75, 3.05) is 0 Å². The predicted molar refractivity (Wildman–Crippen MR) is 108 cm³/mol. The average molecular weight is 397 g/mol. The van der Waals surface area contributed by atoms with Gasteiger partial charge in [0.1, 0.15) is 12.2 Å². The molecule has 27 heavy (non-hydrogen) atoms. The van der Waals surface area contributed by atoms with Crippen molar-refractivity contribution in [1.29, 1.82) is 5.41 Å². The zero-order valence-corrected chi connectivity index (χ0v) is 15.5. The van der Waals surface area contributed by atoms with Crippen LogP contribution in [0.15, 0.2) is 67.0 Å². The van der Waals surface area contributed by atoms with E-state index in [9.17, 15) is 0 Å². The van der Waals surface area contributed by atoms with E-state index in [0.717, 1.165) is 22.3 Å². The first-order valence-electron chi connectivity index (χ1n) is 8.09. The van der Waals surface area contributed by atoms with Crippen molar-refractivity contribution < 1.29 is 5.21 Å². The molecule has 134 valence electrons. The molecule has 5 nitrogen and oxygen atoms in total. The largest absolute Gasteiger partial charge is 0.299 e. The number of aromatic nitrogens is 2. The highest BCUT2D eigenvalue weighted by molar-refractivity contribution is 6.39. The normalized spacial score (nSPS) is 10.9. The van der Waals surface area contributed by atoms with Crippen LogP contribution >= 0.6 is 23.2 Å². The van der Waals surface area contributed by atoms with Crippen LogP contribution < -0.4 is 5.48 Å². The second kappa shape index (κ2) is 7.04. The number of hydrogen-bond acceptors (Lipinski definition) is 3. The molecule has 0 amide bonds. The van der Waals surface area contributed by atoms with Crippen molar-refractivity contribution in [3.05, 3.63) is 82.6 Å². The number of halogens is 2. The number of imidazole rings is 1. The molecule has 3 N–H and O–H groups in total. The summed E-state index contributed by atoms with van der Waals surface area (Å²) in [5.41, 5.74) is 6.60. The van der Waals surface area contributed by atoms with Crippen molar-refractivity contribution in [2.45, 2.75) is 0 Å². The number of hydrogen-bond donors (Lipinski definition) is 3. The van der Waals surface area contributed by atoms with E-state index in [-0.39, 0.29) is 5.84 Å². The van der Waals surface area contributed by atoms with E-state index in [4.69, 9.17) is 33.8 Å². The Labute approximate surface area is 165 Å². The van der Waals surface area contributed by atoms with Crippen LogP contribution in [-0.2, 0) is 0 Å². The summed E-state index contributed by atoms with van der Waals surface area (Å²) in [4.78, 5) is 4.41. The van der Waals surface area contributed by atoms with E-state index in [2.05, 4.69) is 4.98 Å². The van der Waals surface area contributed by atoms with Gasteiger partial charge in [-0.05, 0) is 48.0 Å². The molecule has 0 atom stereocenters. The summed E-state index contributed by atoms with van der Waals surface area (Å²) in [7, 11) is 0. The molecule has 1 heterocycles. The molecule has 7 heteroatoms. The Balaban J connectivity index is 1.82. The number of hydroxylamine groups is 1. The van der Waals surface area contributed by atoms with Gasteiger partial charge in [0.05, 0.1) is 11.0 Å². The van der Waals surface area contributed by atoms with Gasteiger partial charge in [-0.15, -0.1) is 0 Å². The first-order chi connectivity index (χ1) is 13.1. The van der Waals surface area contributed by atoms with Crippen LogP contribution in [0.2, 0.25) is 10.0 Å². The lowest BCUT2D eigenvalue weighted by atomic mass is 10.0. The summed E-state index contributed by atoms with van der Waals surface area (Å²) >= 11 is 12.7. The molecule has 0 aliphatic rings. The third kappa shape index (κ3) is 3.17. The number of amidine groups is 1. The molecular formula is C20H14Cl2N4O. The van der Waals surface area contributed by atoms with E-state index < -0.39 is 0 Å². The molecule has 0 spiro atoms. The highest BCUT2D eigenvalue weighted by Crippen LogP contribution is 2.35. The molecule has 3 aromatic carbocycles. The molecule has 0 unspecified atom stereocenters. The second-order valence-electron chi connectivity index (χ2n) is 5.95. The van der Waals surface area contributed by atoms with Gasteiger partial charge in [-0.2, -0.15) is 0 Å². The quantitative estimate of drug-likeness (QED) is 0.249. The molecule has 0 saturated heterocycles. The molecule has 0 aliphatic carbocycles. The Morgan fingerprint density at radius 3 is 2.48 bits per heavy atom. The molecule has 4 aromatic rings. The van der Waals surface area contributed by atoms with Crippen molar-refractivity contribution >= 4 is 40.1 Å². The minimum Gasteiger partial charge on any atom is -0.299 e. The van der Waals surface area contributed by atoms with Crippen LogP contribution in [0, 0.1) is 5.41 Å². The Bertz CT molecular complexity index is 1150. The molecule has 0 aliphatic heterocycles. The third-order valence-corrected chi connectivity index (χ3v) is 4.95. The fraction of sp³-hybridized carbons (Fsp3) is 0. The van der Waals surface area contributed by atoms with E-state index in [1.807, 2.05) is 58.6 Å². The Hall–Kier alpha value is -2.86. The molecule has 0 bridgehead atoms. The Kier molecular flexibility index (Phi) is 4.58. The Morgan fingerprint density at radius 1 is 1.00 bits per heavy atom. The summed E-state index contributed by atoms with van der Waals surface area (Å²) in [5, 5.41) is 17.8. The van der Waals surface area contributed by atoms with Crippen LogP contribution in [0.5, 0.6) is 0 Å². The topological polar surface area (TPSA) is 73.9 Å². The second-order valence-corrected chi connectivity index (χ2v) is 6.77. The van der Waals surface area contributed by atoms with E-state index in [1.54, 1.807) is 18.5 Å². The number of nitrogens with zero attached hydrogens (tertiary/aromatic N) is 2. The zero-order chi connectivity index (χ0) is 19.0. The standard InChI is InChI=1S/C20H14Cl2N4O/c21-15-5-2-6-16(22)19(15)12-3-1-4-14(9-12)26-11-24-17-10-13(20(23)25-27)7-8-18(17)26/h1-11,27H,(H2,23,25). The smallest absolute Gasteiger partial charge is 0.149 e. The van der Waals surface area contributed by atoms with Gasteiger partial charge in [-0.1, -0.05) is 41.4 Å². The van der Waals surface area contributed by atoms with Gasteiger partial charge < -0.3 is 0 Å². The molecule has 1 aromatic heterocycles. The van der Waals surface area contributed by atoms with Gasteiger partial charge in [0, 0.05) is 26.9 Å². The first kappa shape index (κ1) is 17.5. The predicted octanol–water partition coefficient (Wildman–Crippen LogP) is 5.30. The summed E-state index contributed by atoms with van der Waals surface area (Å²) in [5.74, 6) is -0.0817. The number of rotatable bonds is 3. The van der Waals surface area contributed by atoms with E-state index in [1.165, 1.54) is 0 Å². The minimum atomic E-state index is -0.0817. The van der Waals surface area contributed by atoms with Gasteiger partial charge in [0.15, 0.2) is 0 Å². The van der Waals surface area contributed by atoms with Crippen molar-refractivity contribution in [3.8, 4) is 16.8 Å². The fourth-order valence-electron chi connectivity index (χ4n) is 3.02. The van der Waals surface area contributed by atoms with Crippen LogP contribution in [0.4, 0.5) is 0 Å². The lowest BCUT2D eigenvalue weighted by Crippen LogP contribution is -2.18. The first-order valence-corrected chi connectivity index (χ1v) is 8.85. The highest BCUT2D eigenvalue weighted by Gasteiger charge is 2.11. The van der Waals surface area contributed by atoms with Gasteiger partial charge >= 0.3 is 0 Å². The molecule has 0 saturated carbocycles. The third-order valence-electron chi connectivity index (χ3n) is 4.32. The molecule has 0 fully saturated rings. The van der Waals surface area contributed by atoms with Crippen LogP contribution in [0.1, 0.15) is 5.56 Å². The summed E-state index contributed by atoms with van der Waals surface area (Å²) in [6.45, 7) is 0. The van der Waals surface area contributed by atoms with Crippen LogP contribution in [-0.4, -0.2) is 20.6 Å². The molecule has 0 radical (unpaired) electrons. The van der Waals surface area contributed by atoms with E-state index >= 15 is 0 Å². The number of fused-ring (bicyclic) bond motifs is 1. The van der Waals surface area contributed by atoms with Crippen LogP contribution in [0.25, 0.3) is 27.8 Å². The SMILES string of the molecule is N=C(NO)c1ccc2c(c1)ncn2-c1cccc(-c2c(Cl)cccc2Cl)c1. The molecular weight excluding hydrogens is 383 g/mol. The van der Waals surface area contributed by atoms with Gasteiger partial charge in [-0.3, -0.25) is 20.7 Å². The minimum absolute atomic E-state index is 0.0817. The van der Waals surface area contributed by atoms with Crippen LogP contribution in [0.3, 0.4) is 0 Å². The van der Waals surface area contributed by atoms with Crippen molar-refractivity contribution in [1.82, 2.24) is 15.0 Å². The van der Waals surface area contributed by atoms with Gasteiger partial charge in [-0.25, -0.2) is 4.98 Å². The maximum absolute atomic E-state index is 8.91.